The van der Waals surface area contributed by atoms with E-state index in [2.05, 4.69) is 43.2 Å². The summed E-state index contributed by atoms with van der Waals surface area (Å²) in [6.45, 7) is 5.58. The van der Waals surface area contributed by atoms with Gasteiger partial charge < -0.3 is 0 Å². The van der Waals surface area contributed by atoms with Gasteiger partial charge in [-0.15, -0.1) is 0 Å². The topological polar surface area (TPSA) is 46.2 Å². The first kappa shape index (κ1) is 13.9. The normalized spacial score (nSPS) is 11.4. The molecule has 0 spiro atoms. The van der Waals surface area contributed by atoms with Crippen LogP contribution in [0.1, 0.15) is 5.56 Å². The summed E-state index contributed by atoms with van der Waals surface area (Å²) in [5.74, 6) is 0. The quantitative estimate of drug-likeness (QED) is 0.887. The molecule has 0 atom stereocenters. The zero-order valence-corrected chi connectivity index (χ0v) is 12.6. The SMILES string of the molecule is C=C(Br)CNS(=O)(=O)c1ccc(Br)c(C)c1. The Kier molecular flexibility index (Phi) is 4.73. The van der Waals surface area contributed by atoms with Gasteiger partial charge >= 0.3 is 0 Å². The first-order chi connectivity index (χ1) is 7.33. The van der Waals surface area contributed by atoms with Gasteiger partial charge in [0.15, 0.2) is 0 Å². The van der Waals surface area contributed by atoms with Crippen molar-refractivity contribution < 1.29 is 8.42 Å². The van der Waals surface area contributed by atoms with Gasteiger partial charge in [-0.25, -0.2) is 13.1 Å². The number of halogens is 2. The largest absolute Gasteiger partial charge is 0.240 e. The van der Waals surface area contributed by atoms with Crippen molar-refractivity contribution >= 4 is 41.9 Å². The van der Waals surface area contributed by atoms with E-state index in [4.69, 9.17) is 0 Å². The molecule has 1 N–H and O–H groups in total. The molecule has 0 aliphatic heterocycles. The van der Waals surface area contributed by atoms with Crippen molar-refractivity contribution in [3.8, 4) is 0 Å². The van der Waals surface area contributed by atoms with Crippen molar-refractivity contribution in [1.82, 2.24) is 4.72 Å². The summed E-state index contributed by atoms with van der Waals surface area (Å²) in [5.41, 5.74) is 0.876. The highest BCUT2D eigenvalue weighted by atomic mass is 79.9. The Morgan fingerprint density at radius 2 is 2.12 bits per heavy atom. The number of nitrogens with one attached hydrogen (secondary N) is 1. The number of sulfonamides is 1. The van der Waals surface area contributed by atoms with Crippen LogP contribution in [-0.4, -0.2) is 15.0 Å². The molecule has 0 radical (unpaired) electrons. The Morgan fingerprint density at radius 1 is 1.50 bits per heavy atom. The van der Waals surface area contributed by atoms with Crippen molar-refractivity contribution in [2.45, 2.75) is 11.8 Å². The van der Waals surface area contributed by atoms with Gasteiger partial charge in [-0.05, 0) is 30.7 Å². The fourth-order valence-electron chi connectivity index (χ4n) is 1.04. The molecule has 88 valence electrons. The third-order valence-electron chi connectivity index (χ3n) is 1.89. The lowest BCUT2D eigenvalue weighted by Gasteiger charge is -2.07. The molecule has 1 rings (SSSR count). The van der Waals surface area contributed by atoms with Crippen LogP contribution in [0.5, 0.6) is 0 Å². The Balaban J connectivity index is 2.99. The van der Waals surface area contributed by atoms with Gasteiger partial charge in [0.25, 0.3) is 0 Å². The van der Waals surface area contributed by atoms with Crippen LogP contribution in [0.3, 0.4) is 0 Å². The van der Waals surface area contributed by atoms with Crippen LogP contribution < -0.4 is 4.72 Å². The monoisotopic (exact) mass is 367 g/mol. The average Bonchev–Trinajstić information content (AvgIpc) is 2.19. The summed E-state index contributed by atoms with van der Waals surface area (Å²) in [5, 5.41) is 0. The van der Waals surface area contributed by atoms with Gasteiger partial charge in [-0.3, -0.25) is 0 Å². The summed E-state index contributed by atoms with van der Waals surface area (Å²) in [4.78, 5) is 0.252. The number of hydrogen-bond acceptors (Lipinski definition) is 2. The number of rotatable bonds is 4. The molecule has 3 nitrogen and oxygen atoms in total. The minimum absolute atomic E-state index is 0.178. The third-order valence-corrected chi connectivity index (χ3v) is 4.46. The highest BCUT2D eigenvalue weighted by molar-refractivity contribution is 9.11. The third kappa shape index (κ3) is 3.69. The van der Waals surface area contributed by atoms with E-state index in [1.165, 1.54) is 0 Å². The Bertz CT molecular complexity index is 512. The zero-order chi connectivity index (χ0) is 12.3. The summed E-state index contributed by atoms with van der Waals surface area (Å²) >= 11 is 6.42. The predicted molar refractivity (Wildman–Crippen MR) is 72.1 cm³/mol. The van der Waals surface area contributed by atoms with E-state index in [-0.39, 0.29) is 11.4 Å². The molecule has 0 aliphatic rings. The van der Waals surface area contributed by atoms with Crippen molar-refractivity contribution in [2.24, 2.45) is 0 Å². The zero-order valence-electron chi connectivity index (χ0n) is 8.63. The second-order valence-corrected chi connectivity index (χ2v) is 7.00. The standard InChI is InChI=1S/C10H11Br2NO2S/c1-7-5-9(3-4-10(7)12)16(14,15)13-6-8(2)11/h3-5,13H,2,6H2,1H3. The highest BCUT2D eigenvalue weighted by Crippen LogP contribution is 2.19. The maximum absolute atomic E-state index is 11.8. The number of aryl methyl sites for hydroxylation is 1. The molecule has 0 saturated heterocycles. The Labute approximate surface area is 112 Å². The molecule has 0 unspecified atom stereocenters. The van der Waals surface area contributed by atoms with Crippen LogP contribution in [0.4, 0.5) is 0 Å². The van der Waals surface area contributed by atoms with Crippen molar-refractivity contribution in [2.75, 3.05) is 6.54 Å². The van der Waals surface area contributed by atoms with Gasteiger partial charge in [0.1, 0.15) is 0 Å². The minimum atomic E-state index is -3.46. The molecule has 1 aromatic carbocycles. The molecule has 0 saturated carbocycles. The molecule has 6 heteroatoms. The van der Waals surface area contributed by atoms with Gasteiger partial charge in [-0.1, -0.05) is 38.4 Å². The summed E-state index contributed by atoms with van der Waals surface area (Å²) in [6.07, 6.45) is 0. The van der Waals surface area contributed by atoms with Crippen molar-refractivity contribution in [3.63, 3.8) is 0 Å². The lowest BCUT2D eigenvalue weighted by atomic mass is 10.2. The Morgan fingerprint density at radius 3 is 2.62 bits per heavy atom. The molecule has 0 bridgehead atoms. The fraction of sp³-hybridized carbons (Fsp3) is 0.200. The van der Waals surface area contributed by atoms with E-state index in [1.807, 2.05) is 6.92 Å². The molecule has 0 aromatic heterocycles. The molecule has 1 aromatic rings. The second-order valence-electron chi connectivity index (χ2n) is 3.25. The smallest absolute Gasteiger partial charge is 0.207 e. The lowest BCUT2D eigenvalue weighted by Crippen LogP contribution is -2.24. The summed E-state index contributed by atoms with van der Waals surface area (Å²) < 4.78 is 27.5. The first-order valence-electron chi connectivity index (χ1n) is 4.42. The lowest BCUT2D eigenvalue weighted by molar-refractivity contribution is 0.585. The van der Waals surface area contributed by atoms with Gasteiger partial charge in [0.05, 0.1) is 4.90 Å². The van der Waals surface area contributed by atoms with Gasteiger partial charge in [0, 0.05) is 15.5 Å². The van der Waals surface area contributed by atoms with E-state index in [0.717, 1.165) is 10.0 Å². The minimum Gasteiger partial charge on any atom is -0.207 e. The Hall–Kier alpha value is -0.170. The van der Waals surface area contributed by atoms with Crippen LogP contribution in [0.2, 0.25) is 0 Å². The predicted octanol–water partition coefficient (Wildman–Crippen LogP) is 2.94. The van der Waals surface area contributed by atoms with E-state index in [9.17, 15) is 8.42 Å². The molecular formula is C10H11Br2NO2S. The van der Waals surface area contributed by atoms with Crippen LogP contribution >= 0.6 is 31.9 Å². The number of benzene rings is 1. The van der Waals surface area contributed by atoms with E-state index >= 15 is 0 Å². The first-order valence-corrected chi connectivity index (χ1v) is 7.49. The van der Waals surface area contributed by atoms with Crippen molar-refractivity contribution in [1.29, 1.82) is 0 Å². The molecular weight excluding hydrogens is 358 g/mol. The molecule has 0 aliphatic carbocycles. The number of hydrogen-bond donors (Lipinski definition) is 1. The maximum Gasteiger partial charge on any atom is 0.240 e. The summed E-state index contributed by atoms with van der Waals surface area (Å²) in [7, 11) is -3.46. The molecule has 0 fully saturated rings. The fourth-order valence-corrected chi connectivity index (χ4v) is 2.72. The average molecular weight is 369 g/mol. The summed E-state index contributed by atoms with van der Waals surface area (Å²) in [6, 6.07) is 4.88. The van der Waals surface area contributed by atoms with Crippen LogP contribution in [0.25, 0.3) is 0 Å². The molecule has 16 heavy (non-hydrogen) atoms. The van der Waals surface area contributed by atoms with Crippen LogP contribution in [0, 0.1) is 6.92 Å². The van der Waals surface area contributed by atoms with Gasteiger partial charge in [-0.2, -0.15) is 0 Å². The van der Waals surface area contributed by atoms with E-state index in [1.54, 1.807) is 18.2 Å². The van der Waals surface area contributed by atoms with Crippen LogP contribution in [-0.2, 0) is 10.0 Å². The van der Waals surface area contributed by atoms with E-state index in [0.29, 0.717) is 4.48 Å². The van der Waals surface area contributed by atoms with Crippen LogP contribution in [0.15, 0.2) is 38.6 Å². The maximum atomic E-state index is 11.8. The van der Waals surface area contributed by atoms with Gasteiger partial charge in [0.2, 0.25) is 10.0 Å². The second kappa shape index (κ2) is 5.44. The molecule has 0 heterocycles. The highest BCUT2D eigenvalue weighted by Gasteiger charge is 2.14. The van der Waals surface area contributed by atoms with E-state index < -0.39 is 10.0 Å². The van der Waals surface area contributed by atoms with Crippen molar-refractivity contribution in [3.05, 3.63) is 39.3 Å². The molecule has 0 amide bonds.